The Hall–Kier alpha value is -2.83. The van der Waals surface area contributed by atoms with Gasteiger partial charge in [-0.2, -0.15) is 10.1 Å². The second-order valence-electron chi connectivity index (χ2n) is 4.28. The highest BCUT2D eigenvalue weighted by Gasteiger charge is 2.14. The van der Waals surface area contributed by atoms with E-state index in [1.165, 1.54) is 0 Å². The van der Waals surface area contributed by atoms with Crippen LogP contribution in [0, 0.1) is 0 Å². The highest BCUT2D eigenvalue weighted by atomic mass is 16.5. The summed E-state index contributed by atoms with van der Waals surface area (Å²) in [7, 11) is 3.41. The van der Waals surface area contributed by atoms with E-state index in [4.69, 9.17) is 15.0 Å². The van der Waals surface area contributed by atoms with Crippen LogP contribution in [0.4, 0.5) is 5.69 Å². The molecule has 0 aliphatic heterocycles. The highest BCUT2D eigenvalue weighted by molar-refractivity contribution is 5.72. The zero-order valence-electron chi connectivity index (χ0n) is 11.1. The maximum absolute atomic E-state index is 5.96. The second-order valence-corrected chi connectivity index (χ2v) is 4.28. The monoisotopic (exact) mass is 271 g/mol. The number of benzene rings is 1. The molecule has 0 spiro atoms. The third-order valence-electron chi connectivity index (χ3n) is 2.88. The van der Waals surface area contributed by atoms with Crippen molar-refractivity contribution in [2.75, 3.05) is 12.8 Å². The van der Waals surface area contributed by atoms with E-state index >= 15 is 0 Å². The molecular weight excluding hydrogens is 258 g/mol. The fraction of sp³-hybridized carbons (Fsp3) is 0.154. The zero-order valence-corrected chi connectivity index (χ0v) is 11.1. The number of methoxy groups -OCH3 is 1. The van der Waals surface area contributed by atoms with E-state index in [2.05, 4.69) is 15.2 Å². The summed E-state index contributed by atoms with van der Waals surface area (Å²) in [5.41, 5.74) is 7.94. The van der Waals surface area contributed by atoms with Gasteiger partial charge in [0.05, 0.1) is 24.4 Å². The largest absolute Gasteiger partial charge is 0.497 e. The minimum absolute atomic E-state index is 0.365. The number of ether oxygens (including phenoxy) is 1. The van der Waals surface area contributed by atoms with Gasteiger partial charge >= 0.3 is 0 Å². The molecule has 102 valence electrons. The number of nitrogens with two attached hydrogens (primary N) is 1. The van der Waals surface area contributed by atoms with Crippen LogP contribution in [-0.2, 0) is 7.05 Å². The van der Waals surface area contributed by atoms with Crippen LogP contribution in [0.2, 0.25) is 0 Å². The topological polar surface area (TPSA) is 92.0 Å². The van der Waals surface area contributed by atoms with E-state index in [1.807, 2.05) is 13.2 Å². The molecule has 0 bridgehead atoms. The first kappa shape index (κ1) is 12.2. The first-order valence-corrected chi connectivity index (χ1v) is 5.94. The molecule has 0 unspecified atom stereocenters. The third kappa shape index (κ3) is 2.09. The van der Waals surface area contributed by atoms with Crippen LogP contribution in [0.3, 0.4) is 0 Å². The Morgan fingerprint density at radius 3 is 2.85 bits per heavy atom. The fourth-order valence-electron chi connectivity index (χ4n) is 1.85. The summed E-state index contributed by atoms with van der Waals surface area (Å²) in [4.78, 5) is 4.33. The Morgan fingerprint density at radius 1 is 1.35 bits per heavy atom. The number of rotatable bonds is 3. The highest BCUT2D eigenvalue weighted by Crippen LogP contribution is 2.29. The summed E-state index contributed by atoms with van der Waals surface area (Å²) < 4.78 is 12.0. The molecule has 2 aromatic heterocycles. The molecule has 2 N–H and O–H groups in total. The van der Waals surface area contributed by atoms with Crippen LogP contribution in [0.1, 0.15) is 0 Å². The predicted octanol–water partition coefficient (Wildman–Crippen LogP) is 1.73. The van der Waals surface area contributed by atoms with Crippen LogP contribution in [0.5, 0.6) is 5.75 Å². The fourth-order valence-corrected chi connectivity index (χ4v) is 1.85. The van der Waals surface area contributed by atoms with Crippen molar-refractivity contribution in [1.82, 2.24) is 19.9 Å². The molecule has 3 aromatic rings. The van der Waals surface area contributed by atoms with E-state index in [-0.39, 0.29) is 0 Å². The van der Waals surface area contributed by atoms with E-state index in [1.54, 1.807) is 36.2 Å². The van der Waals surface area contributed by atoms with Gasteiger partial charge in [-0.3, -0.25) is 4.68 Å². The molecule has 0 aliphatic rings. The van der Waals surface area contributed by atoms with Crippen LogP contribution < -0.4 is 10.5 Å². The van der Waals surface area contributed by atoms with Crippen LogP contribution in [0.25, 0.3) is 22.8 Å². The van der Waals surface area contributed by atoms with Gasteiger partial charge in [-0.25, -0.2) is 0 Å². The summed E-state index contributed by atoms with van der Waals surface area (Å²) in [5.74, 6) is 1.52. The Kier molecular flexibility index (Phi) is 2.86. The van der Waals surface area contributed by atoms with Gasteiger partial charge in [-0.1, -0.05) is 5.16 Å². The summed E-state index contributed by atoms with van der Waals surface area (Å²) >= 11 is 0. The van der Waals surface area contributed by atoms with Crippen molar-refractivity contribution in [1.29, 1.82) is 0 Å². The number of aryl methyl sites for hydroxylation is 1. The smallest absolute Gasteiger partial charge is 0.260 e. The van der Waals surface area contributed by atoms with Crippen LogP contribution in [-0.4, -0.2) is 27.0 Å². The molecule has 0 amide bonds. The SMILES string of the molecule is COc1ccc(-c2nc(-c3cnn(C)c3)no2)c(N)c1. The lowest BCUT2D eigenvalue weighted by Crippen LogP contribution is -1.92. The van der Waals surface area contributed by atoms with Gasteiger partial charge in [0.1, 0.15) is 5.75 Å². The third-order valence-corrected chi connectivity index (χ3v) is 2.88. The Balaban J connectivity index is 1.98. The maximum atomic E-state index is 5.96. The average molecular weight is 271 g/mol. The quantitative estimate of drug-likeness (QED) is 0.729. The molecule has 0 saturated heterocycles. The molecular formula is C13H13N5O2. The van der Waals surface area contributed by atoms with Gasteiger partial charge < -0.3 is 15.0 Å². The number of nitrogens with zero attached hydrogens (tertiary/aromatic N) is 4. The van der Waals surface area contributed by atoms with Crippen LogP contribution >= 0.6 is 0 Å². The Morgan fingerprint density at radius 2 is 2.20 bits per heavy atom. The number of hydrogen-bond acceptors (Lipinski definition) is 6. The van der Waals surface area contributed by atoms with Gasteiger partial charge in [-0.15, -0.1) is 0 Å². The lowest BCUT2D eigenvalue weighted by Gasteiger charge is -2.03. The van der Waals surface area contributed by atoms with Crippen molar-refractivity contribution in [3.8, 4) is 28.6 Å². The van der Waals surface area contributed by atoms with Crippen molar-refractivity contribution in [3.63, 3.8) is 0 Å². The molecule has 0 saturated carbocycles. The first-order valence-electron chi connectivity index (χ1n) is 5.94. The number of aromatic nitrogens is 4. The number of nitrogen functional groups attached to an aromatic ring is 1. The summed E-state index contributed by atoms with van der Waals surface area (Å²) in [5, 5.41) is 8.00. The van der Waals surface area contributed by atoms with Crippen molar-refractivity contribution in [3.05, 3.63) is 30.6 Å². The summed E-state index contributed by atoms with van der Waals surface area (Å²) in [6.45, 7) is 0. The molecule has 1 aromatic carbocycles. The second kappa shape index (κ2) is 4.69. The average Bonchev–Trinajstić information content (AvgIpc) is 3.07. The normalized spacial score (nSPS) is 10.7. The molecule has 0 fully saturated rings. The Labute approximate surface area is 115 Å². The molecule has 0 atom stereocenters. The number of anilines is 1. The lowest BCUT2D eigenvalue weighted by molar-refractivity contribution is 0.414. The maximum Gasteiger partial charge on any atom is 0.260 e. The van der Waals surface area contributed by atoms with Crippen molar-refractivity contribution in [2.45, 2.75) is 0 Å². The minimum atomic E-state index is 0.365. The van der Waals surface area contributed by atoms with E-state index < -0.39 is 0 Å². The van der Waals surface area contributed by atoms with Gasteiger partial charge in [0.25, 0.3) is 5.89 Å². The predicted molar refractivity (Wildman–Crippen MR) is 72.9 cm³/mol. The summed E-state index contributed by atoms with van der Waals surface area (Å²) in [6, 6.07) is 5.29. The van der Waals surface area contributed by atoms with E-state index in [0.717, 1.165) is 5.56 Å². The molecule has 7 nitrogen and oxygen atoms in total. The molecule has 20 heavy (non-hydrogen) atoms. The molecule has 3 rings (SSSR count). The van der Waals surface area contributed by atoms with Gasteiger partial charge in [-0.05, 0) is 12.1 Å². The standard InChI is InChI=1S/C13H13N5O2/c1-18-7-8(6-15-18)12-16-13(20-17-12)10-4-3-9(19-2)5-11(10)14/h3-7H,14H2,1-2H3. The van der Waals surface area contributed by atoms with E-state index in [0.29, 0.717) is 28.7 Å². The molecule has 0 aliphatic carbocycles. The summed E-state index contributed by atoms with van der Waals surface area (Å²) in [6.07, 6.45) is 3.48. The van der Waals surface area contributed by atoms with Crippen molar-refractivity contribution < 1.29 is 9.26 Å². The Bertz CT molecular complexity index is 747. The van der Waals surface area contributed by atoms with E-state index in [9.17, 15) is 0 Å². The first-order chi connectivity index (χ1) is 9.67. The molecule has 0 radical (unpaired) electrons. The van der Waals surface area contributed by atoms with Crippen molar-refractivity contribution >= 4 is 5.69 Å². The number of hydrogen-bond donors (Lipinski definition) is 1. The molecule has 2 heterocycles. The zero-order chi connectivity index (χ0) is 14.1. The minimum Gasteiger partial charge on any atom is -0.497 e. The van der Waals surface area contributed by atoms with Crippen molar-refractivity contribution in [2.24, 2.45) is 7.05 Å². The van der Waals surface area contributed by atoms with Gasteiger partial charge in [0, 0.05) is 25.0 Å². The van der Waals surface area contributed by atoms with Gasteiger partial charge in [0.15, 0.2) is 0 Å². The lowest BCUT2D eigenvalue weighted by atomic mass is 10.1. The van der Waals surface area contributed by atoms with Crippen LogP contribution in [0.15, 0.2) is 35.1 Å². The van der Waals surface area contributed by atoms with Gasteiger partial charge in [0.2, 0.25) is 5.82 Å². The molecule has 7 heteroatoms.